The summed E-state index contributed by atoms with van der Waals surface area (Å²) in [6.45, 7) is 1.15. The summed E-state index contributed by atoms with van der Waals surface area (Å²) in [6.07, 6.45) is 2.53. The first-order chi connectivity index (χ1) is 9.95. The molecule has 0 spiro atoms. The molecule has 0 radical (unpaired) electrons. The van der Waals surface area contributed by atoms with Crippen LogP contribution in [0.3, 0.4) is 0 Å². The molecule has 1 fully saturated rings. The van der Waals surface area contributed by atoms with Gasteiger partial charge in [0.1, 0.15) is 0 Å². The van der Waals surface area contributed by atoms with Gasteiger partial charge in [-0.3, -0.25) is 4.79 Å². The summed E-state index contributed by atoms with van der Waals surface area (Å²) in [5.74, 6) is -0.0725. The first-order valence-electron chi connectivity index (χ1n) is 6.98. The van der Waals surface area contributed by atoms with Gasteiger partial charge in [0, 0.05) is 24.8 Å². The van der Waals surface area contributed by atoms with Crippen LogP contribution in [-0.2, 0) is 14.8 Å². The predicted molar refractivity (Wildman–Crippen MR) is 89.8 cm³/mol. The van der Waals surface area contributed by atoms with E-state index in [0.717, 1.165) is 5.69 Å². The van der Waals surface area contributed by atoms with Crippen molar-refractivity contribution >= 4 is 34.0 Å². The fourth-order valence-electron chi connectivity index (χ4n) is 2.35. The minimum Gasteiger partial charge on any atom is -0.376 e. The van der Waals surface area contributed by atoms with Crippen molar-refractivity contribution in [2.75, 3.05) is 31.2 Å². The van der Waals surface area contributed by atoms with Gasteiger partial charge in [-0.2, -0.15) is 0 Å². The van der Waals surface area contributed by atoms with Gasteiger partial charge in [-0.1, -0.05) is 18.2 Å². The van der Waals surface area contributed by atoms with Crippen LogP contribution in [0.4, 0.5) is 5.69 Å². The zero-order valence-corrected chi connectivity index (χ0v) is 14.1. The first kappa shape index (κ1) is 18.7. The topological polar surface area (TPSA) is 78.5 Å². The second-order valence-corrected chi connectivity index (χ2v) is 7.21. The molecule has 2 N–H and O–H groups in total. The largest absolute Gasteiger partial charge is 0.376 e. The monoisotopic (exact) mass is 347 g/mol. The van der Waals surface area contributed by atoms with E-state index < -0.39 is 10.0 Å². The van der Waals surface area contributed by atoms with Gasteiger partial charge in [-0.05, 0) is 25.0 Å². The van der Waals surface area contributed by atoms with Crippen LogP contribution >= 0.6 is 12.4 Å². The highest BCUT2D eigenvalue weighted by atomic mass is 35.5. The summed E-state index contributed by atoms with van der Waals surface area (Å²) in [4.78, 5) is 11.9. The zero-order valence-electron chi connectivity index (χ0n) is 12.5. The van der Waals surface area contributed by atoms with Crippen LogP contribution in [0.15, 0.2) is 30.3 Å². The molecule has 1 heterocycles. The normalized spacial score (nSPS) is 16.6. The van der Waals surface area contributed by atoms with Crippen LogP contribution in [0, 0.1) is 0 Å². The Bertz CT molecular complexity index is 572. The predicted octanol–water partition coefficient (Wildman–Crippen LogP) is 1.06. The van der Waals surface area contributed by atoms with Crippen LogP contribution in [-0.4, -0.2) is 50.6 Å². The van der Waals surface area contributed by atoms with Crippen LogP contribution < -0.4 is 10.6 Å². The fourth-order valence-corrected chi connectivity index (χ4v) is 3.22. The number of para-hydroxylation sites is 1. The molecule has 0 aromatic heterocycles. The maximum absolute atomic E-state index is 11.9. The van der Waals surface area contributed by atoms with E-state index in [1.54, 1.807) is 0 Å². The van der Waals surface area contributed by atoms with Crippen molar-refractivity contribution in [2.45, 2.75) is 18.9 Å². The summed E-state index contributed by atoms with van der Waals surface area (Å²) in [7, 11) is -3.12. The second kappa shape index (κ2) is 8.36. The van der Waals surface area contributed by atoms with Crippen molar-refractivity contribution in [2.24, 2.45) is 0 Å². The Morgan fingerprint density at radius 2 is 1.82 bits per heavy atom. The number of sulfonamides is 1. The Balaban J connectivity index is 0.00000242. The smallest absolute Gasteiger partial charge is 0.239 e. The average molecular weight is 348 g/mol. The number of carbonyl (C=O) groups excluding carboxylic acids is 1. The van der Waals surface area contributed by atoms with Crippen LogP contribution in [0.5, 0.6) is 0 Å². The first-order valence-corrected chi connectivity index (χ1v) is 8.83. The molecule has 0 aliphatic carbocycles. The highest BCUT2D eigenvalue weighted by Crippen LogP contribution is 2.13. The Morgan fingerprint density at radius 1 is 1.23 bits per heavy atom. The number of hydrogen-bond acceptors (Lipinski definition) is 4. The standard InChI is InChI=1S/C14H21N3O3S.ClH/c1-21(19,20)17-9-7-13(8-10-17)16-14(18)11-15-12-5-3-2-4-6-12;/h2-6,13,15H,7-11H2,1H3,(H,16,18);1H. The number of nitrogens with one attached hydrogen (secondary N) is 2. The van der Waals surface area contributed by atoms with E-state index in [2.05, 4.69) is 10.6 Å². The molecule has 1 amide bonds. The summed E-state index contributed by atoms with van der Waals surface area (Å²) in [5, 5.41) is 5.99. The molecule has 1 aromatic rings. The molecule has 0 atom stereocenters. The Hall–Kier alpha value is -1.31. The number of carbonyl (C=O) groups is 1. The number of benzene rings is 1. The van der Waals surface area contributed by atoms with Gasteiger partial charge in [-0.15, -0.1) is 12.4 Å². The number of piperidine rings is 1. The molecule has 8 heteroatoms. The molecule has 1 aliphatic rings. The fraction of sp³-hybridized carbons (Fsp3) is 0.500. The minimum absolute atomic E-state index is 0. The summed E-state index contributed by atoms with van der Waals surface area (Å²) in [6, 6.07) is 9.58. The van der Waals surface area contributed by atoms with Gasteiger partial charge < -0.3 is 10.6 Å². The van der Waals surface area contributed by atoms with Gasteiger partial charge >= 0.3 is 0 Å². The third-order valence-corrected chi connectivity index (χ3v) is 4.82. The van der Waals surface area contributed by atoms with Crippen LogP contribution in [0.2, 0.25) is 0 Å². The molecule has 2 rings (SSSR count). The highest BCUT2D eigenvalue weighted by Gasteiger charge is 2.25. The van der Waals surface area contributed by atoms with E-state index in [1.165, 1.54) is 10.6 Å². The number of amides is 1. The molecule has 0 saturated carbocycles. The number of halogens is 1. The quantitative estimate of drug-likeness (QED) is 0.834. The lowest BCUT2D eigenvalue weighted by atomic mass is 10.1. The van der Waals surface area contributed by atoms with Gasteiger partial charge in [0.25, 0.3) is 0 Å². The lowest BCUT2D eigenvalue weighted by Crippen LogP contribution is -2.47. The zero-order chi connectivity index (χ0) is 15.3. The molecular weight excluding hydrogens is 326 g/mol. The Labute approximate surface area is 137 Å². The number of nitrogens with zero attached hydrogens (tertiary/aromatic N) is 1. The maximum Gasteiger partial charge on any atom is 0.239 e. The van der Waals surface area contributed by atoms with Gasteiger partial charge in [0.15, 0.2) is 0 Å². The van der Waals surface area contributed by atoms with E-state index in [4.69, 9.17) is 0 Å². The van der Waals surface area contributed by atoms with E-state index in [0.29, 0.717) is 25.9 Å². The Kier molecular flexibility index (Phi) is 7.12. The van der Waals surface area contributed by atoms with Crippen molar-refractivity contribution in [1.29, 1.82) is 0 Å². The summed E-state index contributed by atoms with van der Waals surface area (Å²) >= 11 is 0. The minimum atomic E-state index is -3.12. The highest BCUT2D eigenvalue weighted by molar-refractivity contribution is 7.88. The second-order valence-electron chi connectivity index (χ2n) is 5.22. The average Bonchev–Trinajstić information content (AvgIpc) is 2.46. The molecular formula is C14H22ClN3O3S. The van der Waals surface area contributed by atoms with Crippen LogP contribution in [0.1, 0.15) is 12.8 Å². The SMILES string of the molecule is CS(=O)(=O)N1CCC(NC(=O)CNc2ccccc2)CC1.Cl. The molecule has 124 valence electrons. The lowest BCUT2D eigenvalue weighted by Gasteiger charge is -2.30. The third kappa shape index (κ3) is 5.82. The number of anilines is 1. The van der Waals surface area contributed by atoms with Gasteiger partial charge in [-0.25, -0.2) is 12.7 Å². The molecule has 6 nitrogen and oxygen atoms in total. The molecule has 0 unspecified atom stereocenters. The molecule has 0 bridgehead atoms. The molecule has 1 aromatic carbocycles. The molecule has 22 heavy (non-hydrogen) atoms. The van der Waals surface area contributed by atoms with E-state index in [1.807, 2.05) is 30.3 Å². The van der Waals surface area contributed by atoms with Crippen molar-refractivity contribution in [3.05, 3.63) is 30.3 Å². The maximum atomic E-state index is 11.9. The number of rotatable bonds is 5. The van der Waals surface area contributed by atoms with Crippen molar-refractivity contribution < 1.29 is 13.2 Å². The van der Waals surface area contributed by atoms with Crippen molar-refractivity contribution in [3.63, 3.8) is 0 Å². The number of hydrogen-bond donors (Lipinski definition) is 2. The van der Waals surface area contributed by atoms with Crippen LogP contribution in [0.25, 0.3) is 0 Å². The van der Waals surface area contributed by atoms with Crippen molar-refractivity contribution in [1.82, 2.24) is 9.62 Å². The van der Waals surface area contributed by atoms with Gasteiger partial charge in [0.05, 0.1) is 12.8 Å². The summed E-state index contributed by atoms with van der Waals surface area (Å²) < 4.78 is 24.3. The molecule has 1 aliphatic heterocycles. The lowest BCUT2D eigenvalue weighted by molar-refractivity contribution is -0.120. The van der Waals surface area contributed by atoms with E-state index in [-0.39, 0.29) is 30.9 Å². The molecule has 1 saturated heterocycles. The van der Waals surface area contributed by atoms with Crippen molar-refractivity contribution in [3.8, 4) is 0 Å². The third-order valence-electron chi connectivity index (χ3n) is 3.51. The van der Waals surface area contributed by atoms with E-state index >= 15 is 0 Å². The van der Waals surface area contributed by atoms with E-state index in [9.17, 15) is 13.2 Å². The van der Waals surface area contributed by atoms with Gasteiger partial charge in [0.2, 0.25) is 15.9 Å². The summed E-state index contributed by atoms with van der Waals surface area (Å²) in [5.41, 5.74) is 0.902. The Morgan fingerprint density at radius 3 is 2.36 bits per heavy atom.